The van der Waals surface area contributed by atoms with E-state index >= 15 is 0 Å². The highest BCUT2D eigenvalue weighted by atomic mass is 16.5. The van der Waals surface area contributed by atoms with Gasteiger partial charge in [0, 0.05) is 13.1 Å². The molecule has 0 amide bonds. The lowest BCUT2D eigenvalue weighted by atomic mass is 9.70. The Hall–Kier alpha value is -0.860. The predicted molar refractivity (Wildman–Crippen MR) is 87.5 cm³/mol. The van der Waals surface area contributed by atoms with Crippen LogP contribution < -0.4 is 5.32 Å². The van der Waals surface area contributed by atoms with Crippen molar-refractivity contribution in [1.29, 1.82) is 0 Å². The summed E-state index contributed by atoms with van der Waals surface area (Å²) in [7, 11) is 0. The second-order valence-corrected chi connectivity index (χ2v) is 7.68. The molecular formula is C19H29NO. The molecule has 3 rings (SSSR count). The molecule has 1 aliphatic heterocycles. The van der Waals surface area contributed by atoms with Crippen LogP contribution in [0.2, 0.25) is 0 Å². The molecule has 0 radical (unpaired) electrons. The van der Waals surface area contributed by atoms with Gasteiger partial charge in [0.25, 0.3) is 0 Å². The molecule has 1 N–H and O–H groups in total. The number of aryl methyl sites for hydroxylation is 1. The second-order valence-electron chi connectivity index (χ2n) is 7.68. The fraction of sp³-hybridized carbons (Fsp3) is 0.684. The van der Waals surface area contributed by atoms with Crippen LogP contribution >= 0.6 is 0 Å². The van der Waals surface area contributed by atoms with E-state index in [-0.39, 0.29) is 11.7 Å². The zero-order chi connectivity index (χ0) is 14.9. The molecule has 21 heavy (non-hydrogen) atoms. The Labute approximate surface area is 129 Å². The van der Waals surface area contributed by atoms with Crippen molar-refractivity contribution in [1.82, 2.24) is 5.32 Å². The first-order chi connectivity index (χ1) is 10.0. The maximum absolute atomic E-state index is 6.61. The van der Waals surface area contributed by atoms with E-state index in [0.717, 1.165) is 19.5 Å². The normalized spacial score (nSPS) is 27.7. The molecule has 1 heterocycles. The van der Waals surface area contributed by atoms with Gasteiger partial charge >= 0.3 is 0 Å². The molecule has 1 aromatic carbocycles. The summed E-state index contributed by atoms with van der Waals surface area (Å²) in [5, 5.41) is 3.62. The first-order valence-corrected chi connectivity index (χ1v) is 8.49. The van der Waals surface area contributed by atoms with E-state index in [2.05, 4.69) is 50.4 Å². The van der Waals surface area contributed by atoms with E-state index in [1.54, 1.807) is 0 Å². The minimum atomic E-state index is 0.0713. The number of hydrogen-bond donors (Lipinski definition) is 1. The van der Waals surface area contributed by atoms with Crippen molar-refractivity contribution < 1.29 is 4.74 Å². The van der Waals surface area contributed by atoms with Crippen LogP contribution in [-0.2, 0) is 11.2 Å². The van der Waals surface area contributed by atoms with E-state index in [4.69, 9.17) is 4.74 Å². The highest BCUT2D eigenvalue weighted by Gasteiger charge is 2.42. The Morgan fingerprint density at radius 2 is 1.76 bits per heavy atom. The Morgan fingerprint density at radius 1 is 1.10 bits per heavy atom. The van der Waals surface area contributed by atoms with Gasteiger partial charge in [-0.2, -0.15) is 0 Å². The molecule has 1 saturated heterocycles. The molecule has 1 spiro atoms. The van der Waals surface area contributed by atoms with Gasteiger partial charge in [-0.1, -0.05) is 45.0 Å². The monoisotopic (exact) mass is 287 g/mol. The van der Waals surface area contributed by atoms with Crippen LogP contribution in [0.5, 0.6) is 0 Å². The van der Waals surface area contributed by atoms with Crippen molar-refractivity contribution in [3.63, 3.8) is 0 Å². The first kappa shape index (κ1) is 15.1. The van der Waals surface area contributed by atoms with Crippen LogP contribution in [0.4, 0.5) is 0 Å². The molecule has 2 fully saturated rings. The topological polar surface area (TPSA) is 21.3 Å². The molecule has 2 heteroatoms. The molecule has 1 saturated carbocycles. The van der Waals surface area contributed by atoms with Crippen LogP contribution in [0.15, 0.2) is 24.3 Å². The maximum atomic E-state index is 6.61. The molecule has 116 valence electrons. The van der Waals surface area contributed by atoms with Gasteiger partial charge in [-0.3, -0.25) is 0 Å². The molecule has 0 aromatic heterocycles. The average molecular weight is 287 g/mol. The summed E-state index contributed by atoms with van der Waals surface area (Å²) in [5.41, 5.74) is 3.28. The Kier molecular flexibility index (Phi) is 4.11. The highest BCUT2D eigenvalue weighted by molar-refractivity contribution is 5.25. The summed E-state index contributed by atoms with van der Waals surface area (Å²) in [6.07, 6.45) is 6.24. The SMILES string of the molecule is CCc1ccc(C2CNCC3(CCC(C)(C)CC3)O2)cc1. The molecule has 1 atom stereocenters. The smallest absolute Gasteiger partial charge is 0.0957 e. The number of hydrogen-bond acceptors (Lipinski definition) is 2. The number of benzene rings is 1. The van der Waals surface area contributed by atoms with Crippen LogP contribution in [0.3, 0.4) is 0 Å². The second kappa shape index (κ2) is 5.73. The maximum Gasteiger partial charge on any atom is 0.0957 e. The van der Waals surface area contributed by atoms with Gasteiger partial charge < -0.3 is 10.1 Å². The summed E-state index contributed by atoms with van der Waals surface area (Å²) in [4.78, 5) is 0. The fourth-order valence-corrected chi connectivity index (χ4v) is 3.65. The van der Waals surface area contributed by atoms with Crippen LogP contribution in [0.25, 0.3) is 0 Å². The standard InChI is InChI=1S/C19H29NO/c1-4-15-5-7-16(8-6-15)17-13-20-14-19(21-17)11-9-18(2,3)10-12-19/h5-8,17,20H,4,9-14H2,1-3H3. The van der Waals surface area contributed by atoms with Crippen molar-refractivity contribution in [3.05, 3.63) is 35.4 Å². The highest BCUT2D eigenvalue weighted by Crippen LogP contribution is 2.44. The Bertz CT molecular complexity index is 467. The zero-order valence-electron chi connectivity index (χ0n) is 13.7. The van der Waals surface area contributed by atoms with Crippen molar-refractivity contribution in [2.75, 3.05) is 13.1 Å². The third-order valence-corrected chi connectivity index (χ3v) is 5.44. The van der Waals surface area contributed by atoms with Crippen molar-refractivity contribution in [2.24, 2.45) is 5.41 Å². The van der Waals surface area contributed by atoms with Gasteiger partial charge in [0.15, 0.2) is 0 Å². The summed E-state index contributed by atoms with van der Waals surface area (Å²) in [5.74, 6) is 0. The van der Waals surface area contributed by atoms with E-state index < -0.39 is 0 Å². The predicted octanol–water partition coefficient (Wildman–Crippen LogP) is 4.25. The zero-order valence-corrected chi connectivity index (χ0v) is 13.7. The lowest BCUT2D eigenvalue weighted by Crippen LogP contribution is -2.53. The number of nitrogens with one attached hydrogen (secondary N) is 1. The lowest BCUT2D eigenvalue weighted by Gasteiger charge is -2.48. The van der Waals surface area contributed by atoms with Crippen molar-refractivity contribution in [2.45, 2.75) is 64.6 Å². The summed E-state index contributed by atoms with van der Waals surface area (Å²) in [6.45, 7) is 8.93. The van der Waals surface area contributed by atoms with Gasteiger partial charge in [0.1, 0.15) is 0 Å². The van der Waals surface area contributed by atoms with Gasteiger partial charge in [-0.25, -0.2) is 0 Å². The quantitative estimate of drug-likeness (QED) is 0.878. The van der Waals surface area contributed by atoms with Crippen LogP contribution in [-0.4, -0.2) is 18.7 Å². The number of morpholine rings is 1. The summed E-state index contributed by atoms with van der Waals surface area (Å²) >= 11 is 0. The fourth-order valence-electron chi connectivity index (χ4n) is 3.65. The van der Waals surface area contributed by atoms with Gasteiger partial charge in [0.05, 0.1) is 11.7 Å². The third-order valence-electron chi connectivity index (χ3n) is 5.44. The number of rotatable bonds is 2. The molecule has 1 unspecified atom stereocenters. The minimum Gasteiger partial charge on any atom is -0.364 e. The average Bonchev–Trinajstić information content (AvgIpc) is 2.51. The molecular weight excluding hydrogens is 258 g/mol. The molecule has 0 bridgehead atoms. The minimum absolute atomic E-state index is 0.0713. The van der Waals surface area contributed by atoms with Crippen LogP contribution in [0.1, 0.15) is 63.7 Å². The Morgan fingerprint density at radius 3 is 2.38 bits per heavy atom. The number of ether oxygens (including phenoxy) is 1. The van der Waals surface area contributed by atoms with E-state index in [9.17, 15) is 0 Å². The third kappa shape index (κ3) is 3.32. The van der Waals surface area contributed by atoms with Gasteiger partial charge in [-0.05, 0) is 48.6 Å². The van der Waals surface area contributed by atoms with E-state index in [1.165, 1.54) is 36.8 Å². The van der Waals surface area contributed by atoms with Gasteiger partial charge in [0.2, 0.25) is 0 Å². The van der Waals surface area contributed by atoms with E-state index in [1.807, 2.05) is 0 Å². The lowest BCUT2D eigenvalue weighted by molar-refractivity contribution is -0.147. The molecule has 1 aromatic rings. The molecule has 2 aliphatic rings. The van der Waals surface area contributed by atoms with Crippen LogP contribution in [0, 0.1) is 5.41 Å². The molecule has 2 nitrogen and oxygen atoms in total. The van der Waals surface area contributed by atoms with Crippen molar-refractivity contribution >= 4 is 0 Å². The van der Waals surface area contributed by atoms with Gasteiger partial charge in [-0.15, -0.1) is 0 Å². The first-order valence-electron chi connectivity index (χ1n) is 8.49. The summed E-state index contributed by atoms with van der Waals surface area (Å²) < 4.78 is 6.61. The largest absolute Gasteiger partial charge is 0.364 e. The van der Waals surface area contributed by atoms with E-state index in [0.29, 0.717) is 5.41 Å². The molecule has 1 aliphatic carbocycles. The summed E-state index contributed by atoms with van der Waals surface area (Å²) in [6, 6.07) is 8.97. The van der Waals surface area contributed by atoms with Crippen molar-refractivity contribution in [3.8, 4) is 0 Å². The Balaban J connectivity index is 1.70.